The Morgan fingerprint density at radius 2 is 2.16 bits per heavy atom. The maximum Gasteiger partial charge on any atom is 0.308 e. The number of nitrogens with zero attached hydrogens (tertiary/aromatic N) is 1. The highest BCUT2D eigenvalue weighted by Crippen LogP contribution is 2.30. The molecule has 1 fully saturated rings. The Morgan fingerprint density at radius 3 is 2.84 bits per heavy atom. The molecule has 1 aliphatic rings. The molecule has 0 amide bonds. The van der Waals surface area contributed by atoms with Gasteiger partial charge in [-0.2, -0.15) is 5.26 Å². The molecule has 1 aliphatic carbocycles. The van der Waals surface area contributed by atoms with Crippen molar-refractivity contribution in [2.75, 3.05) is 5.32 Å². The zero-order valence-corrected chi connectivity index (χ0v) is 11.0. The first-order chi connectivity index (χ1) is 9.13. The van der Waals surface area contributed by atoms with Crippen molar-refractivity contribution in [2.45, 2.75) is 38.6 Å². The second-order valence-electron chi connectivity index (χ2n) is 5.09. The highest BCUT2D eigenvalue weighted by atomic mass is 16.4. The first-order valence-electron chi connectivity index (χ1n) is 6.62. The summed E-state index contributed by atoms with van der Waals surface area (Å²) >= 11 is 0. The second-order valence-corrected chi connectivity index (χ2v) is 5.09. The fourth-order valence-electron chi connectivity index (χ4n) is 2.74. The van der Waals surface area contributed by atoms with Crippen molar-refractivity contribution in [2.24, 2.45) is 5.92 Å². The molecule has 2 N–H and O–H groups in total. The van der Waals surface area contributed by atoms with Gasteiger partial charge in [0.25, 0.3) is 0 Å². The fourth-order valence-corrected chi connectivity index (χ4v) is 2.74. The number of carboxylic acids is 1. The van der Waals surface area contributed by atoms with Crippen LogP contribution >= 0.6 is 0 Å². The van der Waals surface area contributed by atoms with Gasteiger partial charge in [-0.3, -0.25) is 4.79 Å². The molecule has 0 bridgehead atoms. The van der Waals surface area contributed by atoms with Gasteiger partial charge in [0.1, 0.15) is 6.07 Å². The van der Waals surface area contributed by atoms with E-state index in [9.17, 15) is 9.90 Å². The summed E-state index contributed by atoms with van der Waals surface area (Å²) in [6.45, 7) is 1.93. The number of nitrogens with one attached hydrogen (secondary N) is 1. The maximum atomic E-state index is 11.3. The quantitative estimate of drug-likeness (QED) is 0.874. The first kappa shape index (κ1) is 13.4. The van der Waals surface area contributed by atoms with Crippen LogP contribution in [0.25, 0.3) is 0 Å². The Hall–Kier alpha value is -2.02. The molecule has 0 radical (unpaired) electrons. The van der Waals surface area contributed by atoms with E-state index >= 15 is 0 Å². The van der Waals surface area contributed by atoms with Gasteiger partial charge in [-0.05, 0) is 31.4 Å². The van der Waals surface area contributed by atoms with Crippen LogP contribution in [0.15, 0.2) is 18.2 Å². The van der Waals surface area contributed by atoms with Crippen LogP contribution in [-0.4, -0.2) is 17.1 Å². The smallest absolute Gasteiger partial charge is 0.308 e. The van der Waals surface area contributed by atoms with Gasteiger partial charge >= 0.3 is 5.97 Å². The predicted molar refractivity (Wildman–Crippen MR) is 72.9 cm³/mol. The molecule has 1 aromatic carbocycles. The van der Waals surface area contributed by atoms with Crippen LogP contribution in [0.3, 0.4) is 0 Å². The van der Waals surface area contributed by atoms with Gasteiger partial charge < -0.3 is 10.4 Å². The topological polar surface area (TPSA) is 73.1 Å². The van der Waals surface area contributed by atoms with Crippen molar-refractivity contribution in [1.29, 1.82) is 5.26 Å². The minimum atomic E-state index is -0.746. The van der Waals surface area contributed by atoms with Gasteiger partial charge in [0.05, 0.1) is 17.2 Å². The van der Waals surface area contributed by atoms with Crippen molar-refractivity contribution in [3.8, 4) is 6.07 Å². The molecule has 1 aromatic rings. The summed E-state index contributed by atoms with van der Waals surface area (Å²) in [6.07, 6.45) is 3.56. The van der Waals surface area contributed by atoms with E-state index in [0.29, 0.717) is 12.0 Å². The van der Waals surface area contributed by atoms with Gasteiger partial charge in [-0.1, -0.05) is 25.0 Å². The van der Waals surface area contributed by atoms with Gasteiger partial charge in [0.2, 0.25) is 0 Å². The van der Waals surface area contributed by atoms with Crippen LogP contribution < -0.4 is 5.32 Å². The number of hydrogen-bond acceptors (Lipinski definition) is 3. The number of para-hydroxylation sites is 1. The number of anilines is 1. The second kappa shape index (κ2) is 5.75. The highest BCUT2D eigenvalue weighted by molar-refractivity contribution is 5.72. The van der Waals surface area contributed by atoms with Crippen molar-refractivity contribution in [1.82, 2.24) is 0 Å². The lowest BCUT2D eigenvalue weighted by molar-refractivity contribution is -0.143. The monoisotopic (exact) mass is 258 g/mol. The number of aliphatic carboxylic acids is 1. The molecule has 0 heterocycles. The summed E-state index contributed by atoms with van der Waals surface area (Å²) in [7, 11) is 0. The van der Waals surface area contributed by atoms with Gasteiger partial charge in [0.15, 0.2) is 0 Å². The predicted octanol–water partition coefficient (Wildman–Crippen LogP) is 2.92. The summed E-state index contributed by atoms with van der Waals surface area (Å²) < 4.78 is 0. The number of carbonyl (C=O) groups is 1. The molecule has 19 heavy (non-hydrogen) atoms. The Balaban J connectivity index is 2.25. The molecular weight excluding hydrogens is 240 g/mol. The standard InChI is InChI=1S/C15H18N2O2/c1-10-5-4-6-11(9-16)14(10)17-13-8-3-2-7-12(13)15(18)19/h4-6,12-13,17H,2-3,7-8H2,1H3,(H,18,19). The molecule has 0 aliphatic heterocycles. The molecule has 0 aromatic heterocycles. The lowest BCUT2D eigenvalue weighted by Crippen LogP contribution is -2.37. The van der Waals surface area contributed by atoms with E-state index in [-0.39, 0.29) is 12.0 Å². The van der Waals surface area contributed by atoms with Crippen LogP contribution in [0, 0.1) is 24.2 Å². The van der Waals surface area contributed by atoms with E-state index in [2.05, 4.69) is 11.4 Å². The van der Waals surface area contributed by atoms with Gasteiger partial charge in [0, 0.05) is 6.04 Å². The average molecular weight is 258 g/mol. The van der Waals surface area contributed by atoms with Gasteiger partial charge in [-0.25, -0.2) is 0 Å². The number of carboxylic acid groups (broad SMARTS) is 1. The molecule has 0 spiro atoms. The first-order valence-corrected chi connectivity index (χ1v) is 6.62. The molecule has 2 atom stereocenters. The summed E-state index contributed by atoms with van der Waals surface area (Å²) in [5.74, 6) is -1.11. The highest BCUT2D eigenvalue weighted by Gasteiger charge is 2.31. The minimum Gasteiger partial charge on any atom is -0.481 e. The van der Waals surface area contributed by atoms with Crippen molar-refractivity contribution < 1.29 is 9.90 Å². The summed E-state index contributed by atoms with van der Waals surface area (Å²) in [5.41, 5.74) is 2.34. The average Bonchev–Trinajstić information content (AvgIpc) is 2.41. The SMILES string of the molecule is Cc1cccc(C#N)c1NC1CCCCC1C(=O)O. The third kappa shape index (κ3) is 2.87. The maximum absolute atomic E-state index is 11.3. The van der Waals surface area contributed by atoms with E-state index in [1.54, 1.807) is 6.07 Å². The van der Waals surface area contributed by atoms with Crippen molar-refractivity contribution >= 4 is 11.7 Å². The van der Waals surface area contributed by atoms with E-state index in [0.717, 1.165) is 30.5 Å². The molecule has 4 nitrogen and oxygen atoms in total. The largest absolute Gasteiger partial charge is 0.481 e. The fraction of sp³-hybridized carbons (Fsp3) is 0.467. The lowest BCUT2D eigenvalue weighted by atomic mass is 9.84. The summed E-state index contributed by atoms with van der Waals surface area (Å²) in [4.78, 5) is 11.3. The molecule has 4 heteroatoms. The Bertz CT molecular complexity index is 519. The zero-order valence-electron chi connectivity index (χ0n) is 11.0. The molecule has 2 unspecified atom stereocenters. The van der Waals surface area contributed by atoms with Crippen molar-refractivity contribution in [3.63, 3.8) is 0 Å². The molecule has 0 saturated heterocycles. The lowest BCUT2D eigenvalue weighted by Gasteiger charge is -2.31. The normalized spacial score (nSPS) is 22.5. The Kier molecular flexibility index (Phi) is 4.06. The number of rotatable bonds is 3. The van der Waals surface area contributed by atoms with Crippen LogP contribution in [0.4, 0.5) is 5.69 Å². The molecule has 2 rings (SSSR count). The summed E-state index contributed by atoms with van der Waals surface area (Å²) in [6, 6.07) is 7.61. The minimum absolute atomic E-state index is 0.0838. The molecule has 100 valence electrons. The van der Waals surface area contributed by atoms with Crippen molar-refractivity contribution in [3.05, 3.63) is 29.3 Å². The van der Waals surface area contributed by atoms with Crippen LogP contribution in [-0.2, 0) is 4.79 Å². The number of benzene rings is 1. The van der Waals surface area contributed by atoms with Crippen LogP contribution in [0.2, 0.25) is 0 Å². The van der Waals surface area contributed by atoms with E-state index < -0.39 is 5.97 Å². The van der Waals surface area contributed by atoms with Crippen LogP contribution in [0.1, 0.15) is 36.8 Å². The number of aryl methyl sites for hydroxylation is 1. The van der Waals surface area contributed by atoms with E-state index in [1.807, 2.05) is 19.1 Å². The van der Waals surface area contributed by atoms with E-state index in [1.165, 1.54) is 0 Å². The molecule has 1 saturated carbocycles. The zero-order chi connectivity index (χ0) is 13.8. The molecular formula is C15H18N2O2. The van der Waals surface area contributed by atoms with Crippen LogP contribution in [0.5, 0.6) is 0 Å². The third-order valence-electron chi connectivity index (χ3n) is 3.81. The Labute approximate surface area is 113 Å². The van der Waals surface area contributed by atoms with E-state index in [4.69, 9.17) is 5.26 Å². The Morgan fingerprint density at radius 1 is 1.42 bits per heavy atom. The number of hydrogen-bond donors (Lipinski definition) is 2. The third-order valence-corrected chi connectivity index (χ3v) is 3.81. The van der Waals surface area contributed by atoms with Gasteiger partial charge in [-0.15, -0.1) is 0 Å². The number of nitriles is 1. The summed E-state index contributed by atoms with van der Waals surface area (Å²) in [5, 5.41) is 21.7.